The summed E-state index contributed by atoms with van der Waals surface area (Å²) in [5, 5.41) is 11.3. The molecule has 1 aliphatic rings. The highest BCUT2D eigenvalue weighted by Crippen LogP contribution is 2.31. The van der Waals surface area contributed by atoms with Crippen molar-refractivity contribution in [1.82, 2.24) is 0 Å². The summed E-state index contributed by atoms with van der Waals surface area (Å²) < 4.78 is 30.5. The lowest BCUT2D eigenvalue weighted by Gasteiger charge is -2.29. The Balaban J connectivity index is 1.79. The molecule has 2 aromatic rings. The molecular formula is C18H17ClN2O6S. The second-order valence-corrected chi connectivity index (χ2v) is 8.71. The number of halogens is 1. The topological polar surface area (TPSA) is 107 Å². The number of hydrogen-bond acceptors (Lipinski definition) is 6. The Labute approximate surface area is 166 Å². The van der Waals surface area contributed by atoms with Crippen LogP contribution in [-0.2, 0) is 16.4 Å². The fraction of sp³-hybridized carbons (Fsp3) is 0.278. The molecule has 0 amide bonds. The van der Waals surface area contributed by atoms with E-state index in [4.69, 9.17) is 16.3 Å². The third kappa shape index (κ3) is 4.26. The molecule has 0 radical (unpaired) electrons. The van der Waals surface area contributed by atoms with E-state index in [0.717, 1.165) is 17.9 Å². The van der Waals surface area contributed by atoms with Gasteiger partial charge in [0.25, 0.3) is 0 Å². The van der Waals surface area contributed by atoms with Crippen LogP contribution in [-0.4, -0.2) is 38.5 Å². The van der Waals surface area contributed by atoms with Crippen molar-refractivity contribution in [2.75, 3.05) is 23.7 Å². The highest BCUT2D eigenvalue weighted by molar-refractivity contribution is 7.92. The maximum Gasteiger partial charge on any atom is 0.312 e. The molecule has 0 bridgehead atoms. The molecule has 1 aliphatic heterocycles. The number of sulfonamides is 1. The van der Waals surface area contributed by atoms with Crippen LogP contribution >= 0.6 is 11.6 Å². The normalized spacial score (nSPS) is 13.7. The molecule has 0 unspecified atom stereocenters. The molecule has 2 aromatic carbocycles. The fourth-order valence-electron chi connectivity index (χ4n) is 3.06. The zero-order valence-electron chi connectivity index (χ0n) is 14.9. The summed E-state index contributed by atoms with van der Waals surface area (Å²) in [6, 6.07) is 8.71. The van der Waals surface area contributed by atoms with Gasteiger partial charge >= 0.3 is 5.69 Å². The molecule has 0 spiro atoms. The molecule has 0 aliphatic carbocycles. The van der Waals surface area contributed by atoms with Crippen LogP contribution < -0.4 is 9.04 Å². The summed E-state index contributed by atoms with van der Waals surface area (Å²) in [5.74, 6) is -0.424. The molecule has 0 N–H and O–H groups in total. The number of benzene rings is 2. The monoisotopic (exact) mass is 424 g/mol. The molecule has 1 heterocycles. The van der Waals surface area contributed by atoms with Crippen LogP contribution in [0.3, 0.4) is 0 Å². The minimum Gasteiger partial charge on any atom is -0.478 e. The number of rotatable bonds is 6. The van der Waals surface area contributed by atoms with Gasteiger partial charge in [0.2, 0.25) is 10.0 Å². The van der Waals surface area contributed by atoms with Crippen molar-refractivity contribution in [2.24, 2.45) is 0 Å². The molecule has 0 saturated heterocycles. The standard InChI is InChI=1S/C18H17ClN2O6S/c1-28(25,26)20-8-2-3-12-9-13(4-6-15(12)20)17(22)11-27-18-7-5-14(19)10-16(18)21(23)24/h4-7,9-10H,2-3,8,11H2,1H3. The van der Waals surface area contributed by atoms with Gasteiger partial charge in [-0.1, -0.05) is 11.6 Å². The van der Waals surface area contributed by atoms with E-state index in [-0.39, 0.29) is 22.2 Å². The predicted molar refractivity (Wildman–Crippen MR) is 105 cm³/mol. The minimum absolute atomic E-state index is 0.0519. The van der Waals surface area contributed by atoms with Crippen molar-refractivity contribution >= 4 is 38.8 Å². The summed E-state index contributed by atoms with van der Waals surface area (Å²) in [4.78, 5) is 22.9. The number of nitro groups is 1. The smallest absolute Gasteiger partial charge is 0.312 e. The average molecular weight is 425 g/mol. The summed E-state index contributed by atoms with van der Waals surface area (Å²) in [5.41, 5.74) is 1.36. The van der Waals surface area contributed by atoms with Crippen LogP contribution in [0.2, 0.25) is 5.02 Å². The lowest BCUT2D eigenvalue weighted by atomic mass is 9.99. The van der Waals surface area contributed by atoms with E-state index in [2.05, 4.69) is 0 Å². The Morgan fingerprint density at radius 2 is 2.04 bits per heavy atom. The molecule has 3 rings (SSSR count). The van der Waals surface area contributed by atoms with E-state index in [9.17, 15) is 23.3 Å². The van der Waals surface area contributed by atoms with Crippen LogP contribution in [0.5, 0.6) is 5.75 Å². The lowest BCUT2D eigenvalue weighted by Crippen LogP contribution is -2.34. The predicted octanol–water partition coefficient (Wildman–Crippen LogP) is 3.22. The van der Waals surface area contributed by atoms with Gasteiger partial charge in [0.1, 0.15) is 0 Å². The molecule has 8 nitrogen and oxygen atoms in total. The van der Waals surface area contributed by atoms with Gasteiger partial charge < -0.3 is 4.74 Å². The number of Topliss-reactive ketones (excluding diaryl/α,β-unsaturated/α-hetero) is 1. The Morgan fingerprint density at radius 1 is 1.29 bits per heavy atom. The van der Waals surface area contributed by atoms with Crippen LogP contribution in [0.15, 0.2) is 36.4 Å². The van der Waals surface area contributed by atoms with Gasteiger partial charge in [-0.25, -0.2) is 8.42 Å². The first kappa shape index (κ1) is 20.1. The Bertz CT molecular complexity index is 1050. The van der Waals surface area contributed by atoms with Gasteiger partial charge in [0.15, 0.2) is 18.1 Å². The highest BCUT2D eigenvalue weighted by atomic mass is 35.5. The molecule has 148 valence electrons. The van der Waals surface area contributed by atoms with Crippen molar-refractivity contribution in [3.8, 4) is 5.75 Å². The van der Waals surface area contributed by atoms with Gasteiger partial charge in [0, 0.05) is 23.2 Å². The van der Waals surface area contributed by atoms with Crippen LogP contribution in [0.4, 0.5) is 11.4 Å². The number of aryl methyl sites for hydroxylation is 1. The van der Waals surface area contributed by atoms with Crippen molar-refractivity contribution in [3.05, 3.63) is 62.7 Å². The Morgan fingerprint density at radius 3 is 2.71 bits per heavy atom. The number of carbonyl (C=O) groups excluding carboxylic acids is 1. The third-order valence-corrected chi connectivity index (χ3v) is 5.77. The molecule has 0 aromatic heterocycles. The van der Waals surface area contributed by atoms with Crippen molar-refractivity contribution in [2.45, 2.75) is 12.8 Å². The first-order valence-corrected chi connectivity index (χ1v) is 10.6. The number of hydrogen-bond donors (Lipinski definition) is 0. The molecular weight excluding hydrogens is 408 g/mol. The zero-order chi connectivity index (χ0) is 20.5. The Hall–Kier alpha value is -2.65. The van der Waals surface area contributed by atoms with Crippen molar-refractivity contribution in [1.29, 1.82) is 0 Å². The van der Waals surface area contributed by atoms with Crippen molar-refractivity contribution < 1.29 is 22.9 Å². The van der Waals surface area contributed by atoms with E-state index in [1.807, 2.05) is 0 Å². The number of nitrogens with zero attached hydrogens (tertiary/aromatic N) is 2. The van der Waals surface area contributed by atoms with Crippen LogP contribution in [0, 0.1) is 10.1 Å². The third-order valence-electron chi connectivity index (χ3n) is 4.35. The number of nitro benzene ring substituents is 1. The second-order valence-electron chi connectivity index (χ2n) is 6.36. The average Bonchev–Trinajstić information content (AvgIpc) is 2.64. The van der Waals surface area contributed by atoms with Gasteiger partial charge in [0.05, 0.1) is 16.9 Å². The molecule has 10 heteroatoms. The summed E-state index contributed by atoms with van der Waals surface area (Å²) >= 11 is 5.76. The van der Waals surface area contributed by atoms with E-state index < -0.39 is 21.6 Å². The number of ether oxygens (including phenoxy) is 1. The second kappa shape index (κ2) is 7.76. The Kier molecular flexibility index (Phi) is 5.57. The fourth-order valence-corrected chi connectivity index (χ4v) is 4.22. The van der Waals surface area contributed by atoms with Crippen molar-refractivity contribution in [3.63, 3.8) is 0 Å². The molecule has 0 atom stereocenters. The van der Waals surface area contributed by atoms with E-state index in [1.54, 1.807) is 12.1 Å². The SMILES string of the molecule is CS(=O)(=O)N1CCCc2cc(C(=O)COc3ccc(Cl)cc3[N+](=O)[O-])ccc21. The van der Waals surface area contributed by atoms with E-state index >= 15 is 0 Å². The molecule has 28 heavy (non-hydrogen) atoms. The van der Waals surface area contributed by atoms with Gasteiger partial charge in [-0.05, 0) is 48.7 Å². The number of ketones is 1. The number of anilines is 1. The summed E-state index contributed by atoms with van der Waals surface area (Å²) in [7, 11) is -3.39. The van der Waals surface area contributed by atoms with Gasteiger partial charge in [-0.3, -0.25) is 19.2 Å². The highest BCUT2D eigenvalue weighted by Gasteiger charge is 2.25. The summed E-state index contributed by atoms with van der Waals surface area (Å²) in [6.45, 7) is 0.0134. The van der Waals surface area contributed by atoms with Gasteiger partial charge in [-0.2, -0.15) is 0 Å². The number of carbonyl (C=O) groups is 1. The maximum atomic E-state index is 12.5. The first-order chi connectivity index (χ1) is 13.2. The van der Waals surface area contributed by atoms with E-state index in [0.29, 0.717) is 30.6 Å². The zero-order valence-corrected chi connectivity index (χ0v) is 16.5. The van der Waals surface area contributed by atoms with Crippen LogP contribution in [0.1, 0.15) is 22.3 Å². The molecule has 0 saturated carbocycles. The number of fused-ring (bicyclic) bond motifs is 1. The van der Waals surface area contributed by atoms with Crippen LogP contribution in [0.25, 0.3) is 0 Å². The molecule has 0 fully saturated rings. The largest absolute Gasteiger partial charge is 0.478 e. The maximum absolute atomic E-state index is 12.5. The lowest BCUT2D eigenvalue weighted by molar-refractivity contribution is -0.385. The van der Waals surface area contributed by atoms with Gasteiger partial charge in [-0.15, -0.1) is 0 Å². The minimum atomic E-state index is -3.39. The quantitative estimate of drug-likeness (QED) is 0.400. The summed E-state index contributed by atoms with van der Waals surface area (Å²) in [6.07, 6.45) is 2.46. The first-order valence-electron chi connectivity index (χ1n) is 8.37. The van der Waals surface area contributed by atoms with E-state index in [1.165, 1.54) is 22.5 Å².